The van der Waals surface area contributed by atoms with Gasteiger partial charge in [-0.1, -0.05) is 12.1 Å². The molecule has 0 radical (unpaired) electrons. The third-order valence-electron chi connectivity index (χ3n) is 2.06. The first-order chi connectivity index (χ1) is 7.76. The topological polar surface area (TPSA) is 61.0 Å². The molecule has 0 saturated heterocycles. The summed E-state index contributed by atoms with van der Waals surface area (Å²) in [5, 5.41) is 3.89. The smallest absolute Gasteiger partial charge is 0.228 e. The molecular formula is C10H10BrN3O2. The summed E-state index contributed by atoms with van der Waals surface area (Å²) in [4.78, 5) is 8.30. The summed E-state index contributed by atoms with van der Waals surface area (Å²) in [5.41, 5.74) is 0.801. The van der Waals surface area contributed by atoms with Crippen LogP contribution in [0.5, 0.6) is 5.88 Å². The lowest BCUT2D eigenvalue weighted by atomic mass is 10.2. The first-order valence-corrected chi connectivity index (χ1v) is 5.57. The third-order valence-corrected chi connectivity index (χ3v) is 2.83. The van der Waals surface area contributed by atoms with E-state index >= 15 is 0 Å². The van der Waals surface area contributed by atoms with Crippen molar-refractivity contribution in [2.75, 3.05) is 7.11 Å². The molecule has 0 fully saturated rings. The first kappa shape index (κ1) is 11.1. The Morgan fingerprint density at radius 1 is 1.50 bits per heavy atom. The van der Waals surface area contributed by atoms with Gasteiger partial charge < -0.3 is 9.26 Å². The van der Waals surface area contributed by atoms with E-state index in [1.54, 1.807) is 19.4 Å². The molecule has 0 aromatic carbocycles. The molecule has 2 heterocycles. The number of halogens is 1. The molecule has 16 heavy (non-hydrogen) atoms. The first-order valence-electron chi connectivity index (χ1n) is 4.77. The highest BCUT2D eigenvalue weighted by Gasteiger charge is 2.14. The number of pyridine rings is 1. The van der Waals surface area contributed by atoms with Crippen molar-refractivity contribution in [3.05, 3.63) is 22.6 Å². The fourth-order valence-corrected chi connectivity index (χ4v) is 1.82. The van der Waals surface area contributed by atoms with E-state index in [0.717, 1.165) is 10.0 Å². The van der Waals surface area contributed by atoms with Crippen LogP contribution < -0.4 is 4.74 Å². The molecule has 0 atom stereocenters. The highest BCUT2D eigenvalue weighted by molar-refractivity contribution is 9.10. The Labute approximate surface area is 101 Å². The van der Waals surface area contributed by atoms with Gasteiger partial charge in [-0.3, -0.25) is 0 Å². The average molecular weight is 284 g/mol. The Bertz CT molecular complexity index is 499. The van der Waals surface area contributed by atoms with Gasteiger partial charge in [0.2, 0.25) is 17.6 Å². The number of aromatic nitrogens is 3. The SMILES string of the molecule is CCc1nc(-c2ccnc(OC)c2Br)no1. The Balaban J connectivity index is 2.47. The van der Waals surface area contributed by atoms with E-state index in [-0.39, 0.29) is 0 Å². The number of rotatable bonds is 3. The van der Waals surface area contributed by atoms with E-state index in [9.17, 15) is 0 Å². The predicted octanol–water partition coefficient (Wildman–Crippen LogP) is 2.47. The van der Waals surface area contributed by atoms with Gasteiger partial charge in [0.25, 0.3) is 0 Å². The fourth-order valence-electron chi connectivity index (χ4n) is 1.25. The Morgan fingerprint density at radius 2 is 2.31 bits per heavy atom. The highest BCUT2D eigenvalue weighted by Crippen LogP contribution is 2.32. The van der Waals surface area contributed by atoms with Crippen LogP contribution in [-0.4, -0.2) is 22.2 Å². The zero-order valence-electron chi connectivity index (χ0n) is 8.90. The van der Waals surface area contributed by atoms with E-state index in [1.807, 2.05) is 6.92 Å². The van der Waals surface area contributed by atoms with Gasteiger partial charge in [0.1, 0.15) is 0 Å². The summed E-state index contributed by atoms with van der Waals surface area (Å²) >= 11 is 3.40. The van der Waals surface area contributed by atoms with Crippen LogP contribution in [0.25, 0.3) is 11.4 Å². The number of nitrogens with zero attached hydrogens (tertiary/aromatic N) is 3. The minimum atomic E-state index is 0.500. The van der Waals surface area contributed by atoms with Crippen molar-refractivity contribution in [3.63, 3.8) is 0 Å². The van der Waals surface area contributed by atoms with Crippen LogP contribution in [-0.2, 0) is 6.42 Å². The van der Waals surface area contributed by atoms with Crippen molar-refractivity contribution < 1.29 is 9.26 Å². The minimum absolute atomic E-state index is 0.500. The molecule has 0 spiro atoms. The van der Waals surface area contributed by atoms with E-state index in [0.29, 0.717) is 24.0 Å². The van der Waals surface area contributed by atoms with Crippen LogP contribution in [0, 0.1) is 0 Å². The van der Waals surface area contributed by atoms with E-state index in [2.05, 4.69) is 31.1 Å². The maximum Gasteiger partial charge on any atom is 0.228 e. The summed E-state index contributed by atoms with van der Waals surface area (Å²) in [6, 6.07) is 1.80. The number of methoxy groups -OCH3 is 1. The van der Waals surface area contributed by atoms with Crippen molar-refractivity contribution >= 4 is 15.9 Å². The molecule has 5 nitrogen and oxygen atoms in total. The van der Waals surface area contributed by atoms with Gasteiger partial charge in [-0.25, -0.2) is 4.98 Å². The summed E-state index contributed by atoms with van der Waals surface area (Å²) < 4.78 is 10.9. The van der Waals surface area contributed by atoms with Gasteiger partial charge in [0.05, 0.1) is 11.6 Å². The average Bonchev–Trinajstić information content (AvgIpc) is 2.78. The molecule has 0 aliphatic heterocycles. The van der Waals surface area contributed by atoms with E-state index in [1.165, 1.54) is 0 Å². The fraction of sp³-hybridized carbons (Fsp3) is 0.300. The molecule has 0 saturated carbocycles. The van der Waals surface area contributed by atoms with Crippen LogP contribution in [0.2, 0.25) is 0 Å². The van der Waals surface area contributed by atoms with Crippen LogP contribution in [0.3, 0.4) is 0 Å². The number of hydrogen-bond acceptors (Lipinski definition) is 5. The molecule has 0 aliphatic carbocycles. The normalized spacial score (nSPS) is 10.4. The van der Waals surface area contributed by atoms with Gasteiger partial charge in [-0.05, 0) is 22.0 Å². The van der Waals surface area contributed by atoms with E-state index in [4.69, 9.17) is 9.26 Å². The second-order valence-corrected chi connectivity index (χ2v) is 3.84. The molecule has 0 N–H and O–H groups in total. The number of hydrogen-bond donors (Lipinski definition) is 0. The molecule has 0 bridgehead atoms. The van der Waals surface area contributed by atoms with Gasteiger partial charge >= 0.3 is 0 Å². The maximum atomic E-state index is 5.10. The molecule has 2 aromatic heterocycles. The molecule has 0 aliphatic rings. The lowest BCUT2D eigenvalue weighted by Gasteiger charge is -2.03. The van der Waals surface area contributed by atoms with Crippen molar-refractivity contribution in [2.45, 2.75) is 13.3 Å². The molecule has 2 rings (SSSR count). The number of ether oxygens (including phenoxy) is 1. The monoisotopic (exact) mass is 283 g/mol. The van der Waals surface area contributed by atoms with Crippen LogP contribution in [0.15, 0.2) is 21.3 Å². The Kier molecular flexibility index (Phi) is 3.19. The maximum absolute atomic E-state index is 5.10. The minimum Gasteiger partial charge on any atom is -0.480 e. The Hall–Kier alpha value is -1.43. The summed E-state index contributed by atoms with van der Waals surface area (Å²) in [7, 11) is 1.56. The molecule has 0 unspecified atom stereocenters. The third kappa shape index (κ3) is 1.92. The quantitative estimate of drug-likeness (QED) is 0.866. The second kappa shape index (κ2) is 4.61. The molecule has 0 amide bonds. The van der Waals surface area contributed by atoms with Crippen molar-refractivity contribution in [1.29, 1.82) is 0 Å². The molecule has 6 heteroatoms. The van der Waals surface area contributed by atoms with Crippen molar-refractivity contribution in [2.24, 2.45) is 0 Å². The summed E-state index contributed by atoms with van der Waals surface area (Å²) in [6.07, 6.45) is 2.35. The lowest BCUT2D eigenvalue weighted by molar-refractivity contribution is 0.382. The van der Waals surface area contributed by atoms with Gasteiger partial charge in [0.15, 0.2) is 0 Å². The lowest BCUT2D eigenvalue weighted by Crippen LogP contribution is -1.91. The van der Waals surface area contributed by atoms with Gasteiger partial charge in [-0.2, -0.15) is 4.98 Å². The molecule has 84 valence electrons. The summed E-state index contributed by atoms with van der Waals surface area (Å²) in [5.74, 6) is 1.64. The predicted molar refractivity (Wildman–Crippen MR) is 61.2 cm³/mol. The van der Waals surface area contributed by atoms with E-state index < -0.39 is 0 Å². The zero-order valence-corrected chi connectivity index (χ0v) is 10.5. The highest BCUT2D eigenvalue weighted by atomic mass is 79.9. The number of aryl methyl sites for hydroxylation is 1. The second-order valence-electron chi connectivity index (χ2n) is 3.05. The van der Waals surface area contributed by atoms with Crippen molar-refractivity contribution in [3.8, 4) is 17.3 Å². The Morgan fingerprint density at radius 3 is 2.94 bits per heavy atom. The van der Waals surface area contributed by atoms with Crippen LogP contribution in [0.4, 0.5) is 0 Å². The summed E-state index contributed by atoms with van der Waals surface area (Å²) in [6.45, 7) is 1.96. The van der Waals surface area contributed by atoms with Crippen molar-refractivity contribution in [1.82, 2.24) is 15.1 Å². The van der Waals surface area contributed by atoms with Crippen LogP contribution in [0.1, 0.15) is 12.8 Å². The zero-order chi connectivity index (χ0) is 11.5. The van der Waals surface area contributed by atoms with Gasteiger partial charge in [-0.15, -0.1) is 0 Å². The standard InChI is InChI=1S/C10H10BrN3O2/c1-3-7-13-9(14-16-7)6-4-5-12-10(15-2)8(6)11/h4-5H,3H2,1-2H3. The van der Waals surface area contributed by atoms with Crippen LogP contribution >= 0.6 is 15.9 Å². The van der Waals surface area contributed by atoms with Gasteiger partial charge in [0, 0.05) is 18.2 Å². The molecular weight excluding hydrogens is 274 g/mol. The largest absolute Gasteiger partial charge is 0.480 e. The molecule has 2 aromatic rings.